The Kier molecular flexibility index (Phi) is 4.18. The van der Waals surface area contributed by atoms with Crippen molar-refractivity contribution < 1.29 is 5.79 Å². The molecule has 3 unspecified atom stereocenters. The van der Waals surface area contributed by atoms with Crippen molar-refractivity contribution in [1.29, 1.82) is 0 Å². The number of nitrogens with zero attached hydrogens (tertiary/aromatic N) is 1. The highest BCUT2D eigenvalue weighted by Gasteiger charge is 2.39. The maximum atomic E-state index is 9.18. The molecular weight excluding hydrogens is 438 g/mol. The first-order valence-electron chi connectivity index (χ1n) is 13.6. The number of furan rings is 1. The molecule has 0 saturated heterocycles. The molecule has 2 aliphatic rings. The first-order valence-corrected chi connectivity index (χ1v) is 13.1. The molecule has 2 aromatic heterocycles. The molecule has 4 aromatic carbocycles. The van der Waals surface area contributed by atoms with E-state index < -0.39 is 5.89 Å². The maximum Gasteiger partial charge on any atom is 0.144 e. The summed E-state index contributed by atoms with van der Waals surface area (Å²) in [4.78, 5) is 4.75. The number of rotatable bonds is 3. The van der Waals surface area contributed by atoms with Gasteiger partial charge in [0.25, 0.3) is 0 Å². The molecule has 174 valence electrons. The lowest BCUT2D eigenvalue weighted by Crippen LogP contribution is -2.08. The Hall–Kier alpha value is -3.91. The van der Waals surface area contributed by atoms with Gasteiger partial charge in [0.1, 0.15) is 11.2 Å². The van der Waals surface area contributed by atoms with Gasteiger partial charge in [-0.1, -0.05) is 73.2 Å². The third-order valence-corrected chi connectivity index (χ3v) is 8.56. The van der Waals surface area contributed by atoms with E-state index in [0.717, 1.165) is 62.0 Å². The van der Waals surface area contributed by atoms with Crippen LogP contribution in [0.1, 0.15) is 38.5 Å². The van der Waals surface area contributed by atoms with Gasteiger partial charge in [-0.05, 0) is 83.3 Å². The van der Waals surface area contributed by atoms with Gasteiger partial charge in [-0.3, -0.25) is 4.98 Å². The molecule has 0 amide bonds. The van der Waals surface area contributed by atoms with Crippen molar-refractivity contribution in [2.75, 3.05) is 0 Å². The molecule has 2 fully saturated rings. The van der Waals surface area contributed by atoms with E-state index in [4.69, 9.17) is 9.40 Å². The quantitative estimate of drug-likeness (QED) is 0.260. The van der Waals surface area contributed by atoms with Crippen molar-refractivity contribution in [2.45, 2.75) is 31.6 Å². The third kappa shape index (κ3) is 3.07. The summed E-state index contributed by atoms with van der Waals surface area (Å²) in [6.07, 6.45) is 6.68. The molecule has 8 rings (SSSR count). The van der Waals surface area contributed by atoms with Crippen molar-refractivity contribution in [3.63, 3.8) is 0 Å². The standard InChI is InChI=1S/C34H27NO/c1-2-5-27-23(4-1)14-15-29-28-6-3-7-30(34(28)36-33(27)29)32-20-25(16-17-35-32)22-10-12-24(13-11-22)31-19-21-8-9-26(31)18-21/h1-7,10-17,20-21,26,31H,8-9,18-19H2/i31D. The Morgan fingerprint density at radius 3 is 2.44 bits per heavy atom. The van der Waals surface area contributed by atoms with E-state index in [-0.39, 0.29) is 0 Å². The van der Waals surface area contributed by atoms with Crippen molar-refractivity contribution >= 4 is 32.7 Å². The van der Waals surface area contributed by atoms with E-state index in [1.807, 2.05) is 6.20 Å². The second kappa shape index (κ2) is 7.80. The predicted molar refractivity (Wildman–Crippen MR) is 148 cm³/mol. The van der Waals surface area contributed by atoms with Gasteiger partial charge in [0.05, 0.1) is 5.69 Å². The molecule has 2 nitrogen and oxygen atoms in total. The number of aromatic nitrogens is 1. The zero-order valence-corrected chi connectivity index (χ0v) is 20.1. The van der Waals surface area contributed by atoms with Gasteiger partial charge in [0.15, 0.2) is 0 Å². The molecule has 2 saturated carbocycles. The lowest BCUT2D eigenvalue weighted by atomic mass is 9.83. The van der Waals surface area contributed by atoms with Crippen molar-refractivity contribution in [1.82, 2.24) is 4.98 Å². The minimum atomic E-state index is -0.397. The number of fused-ring (bicyclic) bond motifs is 7. The molecule has 36 heavy (non-hydrogen) atoms. The van der Waals surface area contributed by atoms with Crippen molar-refractivity contribution in [2.24, 2.45) is 11.8 Å². The molecule has 2 heteroatoms. The summed E-state index contributed by atoms with van der Waals surface area (Å²) in [5.74, 6) is 0.882. The average Bonchev–Trinajstić information content (AvgIpc) is 3.66. The molecule has 2 bridgehead atoms. The molecule has 0 spiro atoms. The molecule has 2 aliphatic carbocycles. The fourth-order valence-electron chi connectivity index (χ4n) is 6.77. The van der Waals surface area contributed by atoms with E-state index in [0.29, 0.717) is 5.92 Å². The fourth-order valence-corrected chi connectivity index (χ4v) is 6.77. The number of hydrogen-bond acceptors (Lipinski definition) is 2. The Balaban J connectivity index is 1.20. The summed E-state index contributed by atoms with van der Waals surface area (Å²) < 4.78 is 15.7. The van der Waals surface area contributed by atoms with E-state index >= 15 is 0 Å². The Morgan fingerprint density at radius 1 is 0.722 bits per heavy atom. The van der Waals surface area contributed by atoms with Gasteiger partial charge in [-0.15, -0.1) is 0 Å². The topological polar surface area (TPSA) is 26.0 Å². The first kappa shape index (κ1) is 19.3. The molecule has 3 atom stereocenters. The predicted octanol–water partition coefficient (Wildman–Crippen LogP) is 9.37. The number of para-hydroxylation sites is 1. The van der Waals surface area contributed by atoms with E-state index in [2.05, 4.69) is 91.0 Å². The van der Waals surface area contributed by atoms with Gasteiger partial charge in [-0.2, -0.15) is 0 Å². The summed E-state index contributed by atoms with van der Waals surface area (Å²) in [7, 11) is 0. The van der Waals surface area contributed by atoms with Crippen LogP contribution in [0.4, 0.5) is 0 Å². The molecular formula is C34H27NO. The van der Waals surface area contributed by atoms with Crippen LogP contribution in [0.25, 0.3) is 55.1 Å². The van der Waals surface area contributed by atoms with Crippen LogP contribution >= 0.6 is 0 Å². The van der Waals surface area contributed by atoms with Gasteiger partial charge >= 0.3 is 0 Å². The summed E-state index contributed by atoms with van der Waals surface area (Å²) in [5, 5.41) is 4.55. The highest BCUT2D eigenvalue weighted by molar-refractivity contribution is 6.17. The molecule has 0 aliphatic heterocycles. The Morgan fingerprint density at radius 2 is 1.58 bits per heavy atom. The minimum absolute atomic E-state index is 0.397. The third-order valence-electron chi connectivity index (χ3n) is 8.56. The lowest BCUT2D eigenvalue weighted by molar-refractivity contribution is 0.420. The fraction of sp³-hybridized carbons (Fsp3) is 0.206. The largest absolute Gasteiger partial charge is 0.455 e. The molecule has 2 heterocycles. The van der Waals surface area contributed by atoms with Crippen LogP contribution in [0, 0.1) is 11.8 Å². The monoisotopic (exact) mass is 466 g/mol. The van der Waals surface area contributed by atoms with E-state index in [1.54, 1.807) is 0 Å². The summed E-state index contributed by atoms with van der Waals surface area (Å²) >= 11 is 0. The SMILES string of the molecule is [2H]C1(c2ccc(-c3ccnc(-c4cccc5c4oc4c6ccccc6ccc54)c3)cc2)CC2CCC1C2. The van der Waals surface area contributed by atoms with Crippen LogP contribution in [0.5, 0.6) is 0 Å². The van der Waals surface area contributed by atoms with Crippen LogP contribution in [-0.2, 0) is 0 Å². The van der Waals surface area contributed by atoms with Crippen LogP contribution in [0.2, 0.25) is 0 Å². The van der Waals surface area contributed by atoms with Crippen LogP contribution in [0.15, 0.2) is 102 Å². The highest BCUT2D eigenvalue weighted by Crippen LogP contribution is 2.53. The second-order valence-corrected chi connectivity index (χ2v) is 10.6. The van der Waals surface area contributed by atoms with Gasteiger partial charge in [0, 0.05) is 29.3 Å². The summed E-state index contributed by atoms with van der Waals surface area (Å²) in [6, 6.07) is 32.0. The highest BCUT2D eigenvalue weighted by atomic mass is 16.3. The Bertz CT molecular complexity index is 1820. The number of pyridine rings is 1. The first-order chi connectivity index (χ1) is 18.2. The van der Waals surface area contributed by atoms with Crippen LogP contribution in [-0.4, -0.2) is 4.98 Å². The van der Waals surface area contributed by atoms with Crippen molar-refractivity contribution in [3.8, 4) is 22.4 Å². The zero-order chi connectivity index (χ0) is 24.6. The smallest absolute Gasteiger partial charge is 0.144 e. The minimum Gasteiger partial charge on any atom is -0.455 e. The molecule has 6 aromatic rings. The van der Waals surface area contributed by atoms with Crippen molar-refractivity contribution in [3.05, 3.63) is 103 Å². The van der Waals surface area contributed by atoms with Gasteiger partial charge in [0.2, 0.25) is 0 Å². The lowest BCUT2D eigenvalue weighted by Gasteiger charge is -2.22. The maximum absolute atomic E-state index is 9.18. The van der Waals surface area contributed by atoms with Crippen LogP contribution < -0.4 is 0 Å². The summed E-state index contributed by atoms with van der Waals surface area (Å²) in [5.41, 5.74) is 7.17. The zero-order valence-electron chi connectivity index (χ0n) is 21.1. The number of hydrogen-bond donors (Lipinski definition) is 0. The van der Waals surface area contributed by atoms with E-state index in [1.165, 1.54) is 30.2 Å². The van der Waals surface area contributed by atoms with Gasteiger partial charge < -0.3 is 4.42 Å². The van der Waals surface area contributed by atoms with E-state index in [9.17, 15) is 1.37 Å². The van der Waals surface area contributed by atoms with Crippen LogP contribution in [0.3, 0.4) is 0 Å². The number of benzene rings is 4. The Labute approximate surface area is 212 Å². The normalized spacial score (nSPS) is 23.6. The molecule has 0 N–H and O–H groups in total. The second-order valence-electron chi connectivity index (χ2n) is 10.6. The summed E-state index contributed by atoms with van der Waals surface area (Å²) in [6.45, 7) is 0. The molecule has 0 radical (unpaired) electrons. The van der Waals surface area contributed by atoms with Gasteiger partial charge in [-0.25, -0.2) is 0 Å². The average molecular weight is 467 g/mol.